The van der Waals surface area contributed by atoms with Gasteiger partial charge in [-0.1, -0.05) is 32.6 Å². The predicted molar refractivity (Wildman–Crippen MR) is 124 cm³/mol. The largest absolute Gasteiger partial charge is 0.492 e. The minimum Gasteiger partial charge on any atom is -0.492 e. The summed E-state index contributed by atoms with van der Waals surface area (Å²) in [5, 5.41) is 12.2. The lowest BCUT2D eigenvalue weighted by atomic mass is 9.96. The summed E-state index contributed by atoms with van der Waals surface area (Å²) in [5.41, 5.74) is 2.60. The zero-order chi connectivity index (χ0) is 23.2. The first-order valence-corrected chi connectivity index (χ1v) is 11.6. The molecule has 0 aliphatic rings. The van der Waals surface area contributed by atoms with Crippen molar-refractivity contribution in [1.82, 2.24) is 0 Å². The maximum absolute atomic E-state index is 13.0. The molecular formula is C23H30N2O5S. The lowest BCUT2D eigenvalue weighted by Gasteiger charge is -2.19. The molecule has 0 bridgehead atoms. The summed E-state index contributed by atoms with van der Waals surface area (Å²) in [6, 6.07) is 9.53. The van der Waals surface area contributed by atoms with E-state index in [0.717, 1.165) is 11.1 Å². The molecule has 2 aromatic rings. The molecule has 0 fully saturated rings. The van der Waals surface area contributed by atoms with Crippen molar-refractivity contribution in [2.45, 2.75) is 32.6 Å². The van der Waals surface area contributed by atoms with Crippen LogP contribution in [0.5, 0.6) is 5.75 Å². The summed E-state index contributed by atoms with van der Waals surface area (Å²) in [6.07, 6.45) is 1.66. The number of aliphatic hydroxyl groups is 1. The van der Waals surface area contributed by atoms with Crippen LogP contribution in [-0.2, 0) is 14.8 Å². The van der Waals surface area contributed by atoms with Gasteiger partial charge in [-0.2, -0.15) is 0 Å². The second kappa shape index (κ2) is 10.5. The van der Waals surface area contributed by atoms with Gasteiger partial charge in [-0.15, -0.1) is 0 Å². The van der Waals surface area contributed by atoms with E-state index < -0.39 is 15.9 Å². The van der Waals surface area contributed by atoms with Crippen molar-refractivity contribution in [2.24, 2.45) is 11.8 Å². The number of rotatable bonds is 10. The van der Waals surface area contributed by atoms with Gasteiger partial charge in [0.05, 0.1) is 19.1 Å². The number of ether oxygens (including phenoxy) is 1. The quantitative estimate of drug-likeness (QED) is 0.511. The standard InChI is InChI=1S/C23H30N2O5S/c1-6-17-12-19(9-8-16(17)5)25-31(28,29)22-11-10-18(13-21(22)30-7-2)24-23(27)20(14-26)15(3)4/h6,8-13,15,20,25-26H,1,7,14H2,2-5H3,(H,24,27)/t20-/m0/s1. The molecule has 3 N–H and O–H groups in total. The fraction of sp³-hybridized carbons (Fsp3) is 0.348. The molecular weight excluding hydrogens is 416 g/mol. The van der Waals surface area contributed by atoms with E-state index in [2.05, 4.69) is 16.6 Å². The van der Waals surface area contributed by atoms with Gasteiger partial charge in [0.2, 0.25) is 5.91 Å². The third-order valence-corrected chi connectivity index (χ3v) is 6.31. The van der Waals surface area contributed by atoms with Crippen LogP contribution in [0.3, 0.4) is 0 Å². The lowest BCUT2D eigenvalue weighted by Crippen LogP contribution is -2.29. The molecule has 0 saturated heterocycles. The van der Waals surface area contributed by atoms with Gasteiger partial charge in [-0.25, -0.2) is 8.42 Å². The van der Waals surface area contributed by atoms with E-state index in [1.54, 1.807) is 25.1 Å². The molecule has 0 radical (unpaired) electrons. The molecule has 1 amide bonds. The van der Waals surface area contributed by atoms with Crippen molar-refractivity contribution in [3.05, 3.63) is 54.1 Å². The van der Waals surface area contributed by atoms with Crippen molar-refractivity contribution < 1.29 is 23.1 Å². The number of benzene rings is 2. The first kappa shape index (κ1) is 24.4. The minimum absolute atomic E-state index is 0.0457. The van der Waals surface area contributed by atoms with E-state index in [0.29, 0.717) is 11.4 Å². The van der Waals surface area contributed by atoms with Crippen LogP contribution in [0, 0.1) is 18.8 Å². The van der Waals surface area contributed by atoms with E-state index in [1.807, 2.05) is 26.8 Å². The zero-order valence-corrected chi connectivity index (χ0v) is 19.1. The molecule has 8 heteroatoms. The Morgan fingerprint density at radius 2 is 1.87 bits per heavy atom. The van der Waals surface area contributed by atoms with Crippen LogP contribution >= 0.6 is 0 Å². The van der Waals surface area contributed by atoms with Gasteiger partial charge >= 0.3 is 0 Å². The Balaban J connectivity index is 2.35. The van der Waals surface area contributed by atoms with Gasteiger partial charge in [-0.05, 0) is 55.2 Å². The number of hydrogen-bond acceptors (Lipinski definition) is 5. The number of carbonyl (C=O) groups is 1. The summed E-state index contributed by atoms with van der Waals surface area (Å²) in [5.74, 6) is -0.837. The number of carbonyl (C=O) groups excluding carboxylic acids is 1. The molecule has 0 aromatic heterocycles. The average Bonchev–Trinajstić information content (AvgIpc) is 2.69. The first-order chi connectivity index (χ1) is 14.6. The van der Waals surface area contributed by atoms with Crippen LogP contribution in [0.1, 0.15) is 31.9 Å². The highest BCUT2D eigenvalue weighted by molar-refractivity contribution is 7.92. The van der Waals surface area contributed by atoms with Crippen molar-refractivity contribution in [2.75, 3.05) is 23.3 Å². The van der Waals surface area contributed by atoms with Gasteiger partial charge in [0.25, 0.3) is 10.0 Å². The Hall–Kier alpha value is -2.84. The van der Waals surface area contributed by atoms with Crippen LogP contribution in [0.15, 0.2) is 47.9 Å². The highest BCUT2D eigenvalue weighted by Gasteiger charge is 2.24. The SMILES string of the molecule is C=Cc1cc(NS(=O)(=O)c2ccc(NC(=O)[C@@H](CO)C(C)C)cc2OCC)ccc1C. The molecule has 2 aromatic carbocycles. The number of anilines is 2. The average molecular weight is 447 g/mol. The zero-order valence-electron chi connectivity index (χ0n) is 18.3. The van der Waals surface area contributed by atoms with Crippen LogP contribution in [0.2, 0.25) is 0 Å². The second-order valence-electron chi connectivity index (χ2n) is 7.50. The van der Waals surface area contributed by atoms with Crippen molar-refractivity contribution in [3.8, 4) is 5.75 Å². The van der Waals surface area contributed by atoms with Crippen LogP contribution < -0.4 is 14.8 Å². The smallest absolute Gasteiger partial charge is 0.265 e. The van der Waals surface area contributed by atoms with Gasteiger partial charge in [0.15, 0.2) is 0 Å². The van der Waals surface area contributed by atoms with E-state index >= 15 is 0 Å². The third kappa shape index (κ3) is 6.08. The number of amides is 1. The van der Waals surface area contributed by atoms with Crippen molar-refractivity contribution in [3.63, 3.8) is 0 Å². The van der Waals surface area contributed by atoms with E-state index in [-0.39, 0.29) is 35.7 Å². The molecule has 0 saturated carbocycles. The Kier molecular flexibility index (Phi) is 8.24. The topological polar surface area (TPSA) is 105 Å². The van der Waals surface area contributed by atoms with Crippen LogP contribution in [0.4, 0.5) is 11.4 Å². The van der Waals surface area contributed by atoms with Crippen LogP contribution in [0.25, 0.3) is 6.08 Å². The van der Waals surface area contributed by atoms with E-state index in [1.165, 1.54) is 18.2 Å². The second-order valence-corrected chi connectivity index (χ2v) is 9.15. The number of hydrogen-bond donors (Lipinski definition) is 3. The molecule has 0 aliphatic carbocycles. The lowest BCUT2D eigenvalue weighted by molar-refractivity contribution is -0.122. The maximum Gasteiger partial charge on any atom is 0.265 e. The van der Waals surface area contributed by atoms with Gasteiger partial charge in [0.1, 0.15) is 10.6 Å². The molecule has 0 heterocycles. The Morgan fingerprint density at radius 1 is 1.19 bits per heavy atom. The van der Waals surface area contributed by atoms with Crippen LogP contribution in [-0.4, -0.2) is 32.6 Å². The molecule has 7 nitrogen and oxygen atoms in total. The molecule has 2 rings (SSSR count). The number of sulfonamides is 1. The Bertz CT molecular complexity index is 1050. The summed E-state index contributed by atoms with van der Waals surface area (Å²) in [7, 11) is -3.95. The predicted octanol–water partition coefficient (Wildman–Crippen LogP) is 4.04. The Morgan fingerprint density at radius 3 is 2.45 bits per heavy atom. The molecule has 0 unspecified atom stereocenters. The fourth-order valence-corrected chi connectivity index (χ4v) is 4.22. The maximum atomic E-state index is 13.0. The third-order valence-electron chi connectivity index (χ3n) is 4.89. The first-order valence-electron chi connectivity index (χ1n) is 10.1. The van der Waals surface area contributed by atoms with Gasteiger partial charge < -0.3 is 15.2 Å². The summed E-state index contributed by atoms with van der Waals surface area (Å²) >= 11 is 0. The number of aliphatic hydroxyl groups excluding tert-OH is 1. The molecule has 31 heavy (non-hydrogen) atoms. The number of nitrogens with one attached hydrogen (secondary N) is 2. The van der Waals surface area contributed by atoms with Crippen molar-refractivity contribution in [1.29, 1.82) is 0 Å². The van der Waals surface area contributed by atoms with Gasteiger partial charge in [0, 0.05) is 17.4 Å². The molecule has 1 atom stereocenters. The highest BCUT2D eigenvalue weighted by Crippen LogP contribution is 2.30. The summed E-state index contributed by atoms with van der Waals surface area (Å²) in [6.45, 7) is 11.1. The van der Waals surface area contributed by atoms with E-state index in [4.69, 9.17) is 4.74 Å². The number of aryl methyl sites for hydroxylation is 1. The summed E-state index contributed by atoms with van der Waals surface area (Å²) in [4.78, 5) is 12.4. The normalized spacial score (nSPS) is 12.3. The van der Waals surface area contributed by atoms with E-state index in [9.17, 15) is 18.3 Å². The molecule has 0 spiro atoms. The monoisotopic (exact) mass is 446 g/mol. The van der Waals surface area contributed by atoms with Gasteiger partial charge in [-0.3, -0.25) is 9.52 Å². The minimum atomic E-state index is -3.95. The molecule has 168 valence electrons. The molecule has 0 aliphatic heterocycles. The summed E-state index contributed by atoms with van der Waals surface area (Å²) < 4.78 is 34.2. The Labute approximate surface area is 184 Å². The highest BCUT2D eigenvalue weighted by atomic mass is 32.2. The van der Waals surface area contributed by atoms with Crippen molar-refractivity contribution >= 4 is 33.4 Å². The fourth-order valence-electron chi connectivity index (χ4n) is 3.04.